The number of hydrogen-bond donors (Lipinski definition) is 1. The molecule has 1 aliphatic heterocycles. The van der Waals surface area contributed by atoms with Gasteiger partial charge in [-0.2, -0.15) is 0 Å². The first-order chi connectivity index (χ1) is 6.90. The molecule has 0 atom stereocenters. The highest BCUT2D eigenvalue weighted by Crippen LogP contribution is 2.28. The highest BCUT2D eigenvalue weighted by atomic mass is 15.2. The summed E-state index contributed by atoms with van der Waals surface area (Å²) < 4.78 is 0. The summed E-state index contributed by atoms with van der Waals surface area (Å²) in [6.07, 6.45) is 7.18. The molecule has 0 aromatic carbocycles. The maximum Gasteiger partial charge on any atom is 0.0119 e. The van der Waals surface area contributed by atoms with Gasteiger partial charge in [-0.05, 0) is 51.2 Å². The fourth-order valence-corrected chi connectivity index (χ4v) is 2.72. The molecule has 1 saturated carbocycles. The quantitative estimate of drug-likeness (QED) is 0.738. The summed E-state index contributed by atoms with van der Waals surface area (Å²) in [5, 5.41) is 3.45. The third kappa shape index (κ3) is 2.48. The van der Waals surface area contributed by atoms with E-state index in [1.807, 2.05) is 0 Å². The van der Waals surface area contributed by atoms with E-state index in [2.05, 4.69) is 17.1 Å². The van der Waals surface area contributed by atoms with E-state index in [4.69, 9.17) is 0 Å². The zero-order valence-electron chi connectivity index (χ0n) is 9.47. The molecule has 0 bridgehead atoms. The lowest BCUT2D eigenvalue weighted by atomic mass is 9.84. The Morgan fingerprint density at radius 2 is 1.86 bits per heavy atom. The van der Waals surface area contributed by atoms with Crippen LogP contribution in [-0.2, 0) is 0 Å². The van der Waals surface area contributed by atoms with E-state index in [1.54, 1.807) is 0 Å². The summed E-state index contributed by atoms with van der Waals surface area (Å²) in [6, 6.07) is 0.877. The second kappa shape index (κ2) is 5.13. The smallest absolute Gasteiger partial charge is 0.0119 e. The molecule has 1 saturated heterocycles. The summed E-state index contributed by atoms with van der Waals surface area (Å²) >= 11 is 0. The molecule has 2 rings (SSSR count). The third-order valence-electron chi connectivity index (χ3n) is 3.95. The summed E-state index contributed by atoms with van der Waals surface area (Å²) in [7, 11) is 0. The maximum absolute atomic E-state index is 3.45. The monoisotopic (exact) mass is 196 g/mol. The van der Waals surface area contributed by atoms with Gasteiger partial charge in [0, 0.05) is 12.6 Å². The molecule has 1 heterocycles. The van der Waals surface area contributed by atoms with E-state index in [1.165, 1.54) is 58.3 Å². The molecule has 2 aliphatic rings. The number of hydrogen-bond acceptors (Lipinski definition) is 2. The van der Waals surface area contributed by atoms with Gasteiger partial charge in [0.25, 0.3) is 0 Å². The molecule has 0 amide bonds. The maximum atomic E-state index is 3.45. The molecular weight excluding hydrogens is 172 g/mol. The summed E-state index contributed by atoms with van der Waals surface area (Å²) in [5.41, 5.74) is 0. The van der Waals surface area contributed by atoms with Gasteiger partial charge in [0.2, 0.25) is 0 Å². The highest BCUT2D eigenvalue weighted by molar-refractivity contribution is 4.81. The number of piperidine rings is 1. The lowest BCUT2D eigenvalue weighted by Gasteiger charge is -2.38. The van der Waals surface area contributed by atoms with Crippen LogP contribution in [0.4, 0.5) is 0 Å². The minimum atomic E-state index is 0.877. The predicted molar refractivity (Wildman–Crippen MR) is 60.5 cm³/mol. The van der Waals surface area contributed by atoms with Crippen molar-refractivity contribution >= 4 is 0 Å². The number of rotatable bonds is 4. The van der Waals surface area contributed by atoms with Crippen LogP contribution in [0.1, 0.15) is 39.0 Å². The van der Waals surface area contributed by atoms with Gasteiger partial charge >= 0.3 is 0 Å². The Bertz CT molecular complexity index is 160. The van der Waals surface area contributed by atoms with E-state index in [9.17, 15) is 0 Å². The number of nitrogens with one attached hydrogen (secondary N) is 1. The minimum absolute atomic E-state index is 0.877. The Kier molecular flexibility index (Phi) is 3.82. The molecule has 2 nitrogen and oxygen atoms in total. The highest BCUT2D eigenvalue weighted by Gasteiger charge is 2.25. The van der Waals surface area contributed by atoms with Gasteiger partial charge in [-0.1, -0.05) is 13.3 Å². The molecule has 0 aromatic rings. The van der Waals surface area contributed by atoms with E-state index in [0.717, 1.165) is 12.0 Å². The van der Waals surface area contributed by atoms with Gasteiger partial charge in [-0.25, -0.2) is 0 Å². The van der Waals surface area contributed by atoms with Crippen LogP contribution < -0.4 is 5.32 Å². The minimum Gasteiger partial charge on any atom is -0.317 e. The fourth-order valence-electron chi connectivity index (χ4n) is 2.72. The van der Waals surface area contributed by atoms with Crippen LogP contribution in [-0.4, -0.2) is 37.1 Å². The molecule has 2 fully saturated rings. The van der Waals surface area contributed by atoms with Crippen LogP contribution in [0.25, 0.3) is 0 Å². The first-order valence-electron chi connectivity index (χ1n) is 6.35. The second-order valence-corrected chi connectivity index (χ2v) is 4.87. The first-order valence-corrected chi connectivity index (χ1v) is 6.35. The Labute approximate surface area is 88.1 Å². The van der Waals surface area contributed by atoms with Crippen molar-refractivity contribution in [3.63, 3.8) is 0 Å². The Morgan fingerprint density at radius 3 is 2.36 bits per heavy atom. The zero-order valence-corrected chi connectivity index (χ0v) is 9.47. The van der Waals surface area contributed by atoms with E-state index in [0.29, 0.717) is 0 Å². The van der Waals surface area contributed by atoms with Gasteiger partial charge in [0.05, 0.1) is 0 Å². The van der Waals surface area contributed by atoms with E-state index < -0.39 is 0 Å². The Balaban J connectivity index is 1.77. The second-order valence-electron chi connectivity index (χ2n) is 4.87. The van der Waals surface area contributed by atoms with Crippen LogP contribution in [0.2, 0.25) is 0 Å². The van der Waals surface area contributed by atoms with Crippen molar-refractivity contribution in [1.29, 1.82) is 0 Å². The van der Waals surface area contributed by atoms with Crippen molar-refractivity contribution in [3.05, 3.63) is 0 Å². The average molecular weight is 196 g/mol. The predicted octanol–water partition coefficient (Wildman–Crippen LogP) is 1.86. The van der Waals surface area contributed by atoms with Crippen LogP contribution in [0, 0.1) is 5.92 Å². The van der Waals surface area contributed by atoms with Crippen molar-refractivity contribution in [2.45, 2.75) is 45.1 Å². The van der Waals surface area contributed by atoms with Crippen molar-refractivity contribution in [2.24, 2.45) is 5.92 Å². The normalized spacial score (nSPS) is 25.3. The molecule has 14 heavy (non-hydrogen) atoms. The fraction of sp³-hybridized carbons (Fsp3) is 1.00. The van der Waals surface area contributed by atoms with E-state index >= 15 is 0 Å². The first kappa shape index (κ1) is 10.4. The molecular formula is C12H24N2. The van der Waals surface area contributed by atoms with Crippen LogP contribution in [0.5, 0.6) is 0 Å². The van der Waals surface area contributed by atoms with Crippen molar-refractivity contribution in [1.82, 2.24) is 10.2 Å². The largest absolute Gasteiger partial charge is 0.317 e. The van der Waals surface area contributed by atoms with Crippen molar-refractivity contribution in [3.8, 4) is 0 Å². The molecule has 1 aliphatic carbocycles. The van der Waals surface area contributed by atoms with Gasteiger partial charge in [-0.3, -0.25) is 0 Å². The summed E-state index contributed by atoms with van der Waals surface area (Å²) in [6.45, 7) is 7.40. The zero-order chi connectivity index (χ0) is 9.80. The molecule has 1 N–H and O–H groups in total. The Morgan fingerprint density at radius 1 is 1.14 bits per heavy atom. The van der Waals surface area contributed by atoms with Crippen molar-refractivity contribution < 1.29 is 0 Å². The average Bonchev–Trinajstić information content (AvgIpc) is 2.18. The van der Waals surface area contributed by atoms with Crippen molar-refractivity contribution in [2.75, 3.05) is 26.2 Å². The molecule has 0 radical (unpaired) electrons. The lowest BCUT2D eigenvalue weighted by Crippen LogP contribution is -2.45. The SMILES string of the molecule is CCN(CC1CCC1)C1CCNCC1. The van der Waals surface area contributed by atoms with E-state index in [-0.39, 0.29) is 0 Å². The van der Waals surface area contributed by atoms with Gasteiger partial charge in [0.15, 0.2) is 0 Å². The van der Waals surface area contributed by atoms with Crippen LogP contribution in [0.3, 0.4) is 0 Å². The molecule has 2 heteroatoms. The lowest BCUT2D eigenvalue weighted by molar-refractivity contribution is 0.118. The standard InChI is InChI=1S/C12H24N2/c1-2-14(10-11-4-3-5-11)12-6-8-13-9-7-12/h11-13H,2-10H2,1H3. The molecule has 82 valence electrons. The summed E-state index contributed by atoms with van der Waals surface area (Å²) in [5.74, 6) is 1.03. The number of nitrogens with zero attached hydrogens (tertiary/aromatic N) is 1. The molecule has 0 unspecified atom stereocenters. The molecule has 0 aromatic heterocycles. The third-order valence-corrected chi connectivity index (χ3v) is 3.95. The Hall–Kier alpha value is -0.0800. The van der Waals surface area contributed by atoms with Crippen LogP contribution in [0.15, 0.2) is 0 Å². The topological polar surface area (TPSA) is 15.3 Å². The van der Waals surface area contributed by atoms with Gasteiger partial charge in [-0.15, -0.1) is 0 Å². The van der Waals surface area contributed by atoms with Gasteiger partial charge < -0.3 is 10.2 Å². The van der Waals surface area contributed by atoms with Gasteiger partial charge in [0.1, 0.15) is 0 Å². The summed E-state index contributed by atoms with van der Waals surface area (Å²) in [4.78, 5) is 2.73. The molecule has 0 spiro atoms. The van der Waals surface area contributed by atoms with Crippen LogP contribution >= 0.6 is 0 Å².